The number of hydrogen-bond donors (Lipinski definition) is 1. The maximum Gasteiger partial charge on any atom is 0.228 e. The maximum atomic E-state index is 10.2. The number of piperidine rings is 2. The van der Waals surface area contributed by atoms with Crippen LogP contribution in [0.25, 0.3) is 0 Å². The molecule has 1 N–H and O–H groups in total. The molecule has 2 aromatic heterocycles. The molecule has 0 unspecified atom stereocenters. The van der Waals surface area contributed by atoms with Crippen LogP contribution < -0.4 is 9.80 Å². The summed E-state index contributed by atoms with van der Waals surface area (Å²) < 4.78 is 0. The van der Waals surface area contributed by atoms with Crippen molar-refractivity contribution in [3.05, 3.63) is 29.7 Å². The summed E-state index contributed by atoms with van der Waals surface area (Å²) in [4.78, 5) is 24.5. The van der Waals surface area contributed by atoms with Gasteiger partial charge in [-0.1, -0.05) is 0 Å². The Labute approximate surface area is 172 Å². The SMILES string of the molecule is CN(C)c1ncc(CN2CCC(c3cc(O)nc(N4CCCCC4)n3)CC2)cn1. The minimum Gasteiger partial charge on any atom is -0.493 e. The van der Waals surface area contributed by atoms with Gasteiger partial charge in [-0.05, 0) is 45.2 Å². The van der Waals surface area contributed by atoms with Crippen molar-refractivity contribution in [2.45, 2.75) is 44.6 Å². The highest BCUT2D eigenvalue weighted by atomic mass is 16.3. The predicted octanol–water partition coefficient (Wildman–Crippen LogP) is 2.41. The highest BCUT2D eigenvalue weighted by Crippen LogP contribution is 2.30. The van der Waals surface area contributed by atoms with E-state index >= 15 is 0 Å². The highest BCUT2D eigenvalue weighted by molar-refractivity contribution is 5.35. The van der Waals surface area contributed by atoms with E-state index in [1.165, 1.54) is 19.3 Å². The fourth-order valence-electron chi connectivity index (χ4n) is 4.19. The van der Waals surface area contributed by atoms with Crippen molar-refractivity contribution in [1.82, 2.24) is 24.8 Å². The van der Waals surface area contributed by atoms with Gasteiger partial charge in [0.1, 0.15) is 0 Å². The van der Waals surface area contributed by atoms with Gasteiger partial charge >= 0.3 is 0 Å². The second-order valence-corrected chi connectivity index (χ2v) is 8.33. The summed E-state index contributed by atoms with van der Waals surface area (Å²) in [6, 6.07) is 1.75. The van der Waals surface area contributed by atoms with Crippen molar-refractivity contribution in [2.75, 3.05) is 50.1 Å². The fraction of sp³-hybridized carbons (Fsp3) is 0.619. The second kappa shape index (κ2) is 8.90. The van der Waals surface area contributed by atoms with Gasteiger partial charge in [-0.25, -0.2) is 15.0 Å². The summed E-state index contributed by atoms with van der Waals surface area (Å²) in [6.45, 7) is 4.84. The van der Waals surface area contributed by atoms with Crippen LogP contribution in [0.2, 0.25) is 0 Å². The topological polar surface area (TPSA) is 81.5 Å². The molecule has 0 bridgehead atoms. The van der Waals surface area contributed by atoms with E-state index in [4.69, 9.17) is 4.98 Å². The summed E-state index contributed by atoms with van der Waals surface area (Å²) >= 11 is 0. The summed E-state index contributed by atoms with van der Waals surface area (Å²) in [7, 11) is 3.89. The quantitative estimate of drug-likeness (QED) is 0.824. The number of rotatable bonds is 5. The van der Waals surface area contributed by atoms with Crippen LogP contribution >= 0.6 is 0 Å². The Morgan fingerprint density at radius 3 is 2.34 bits per heavy atom. The van der Waals surface area contributed by atoms with Crippen LogP contribution in [0.1, 0.15) is 49.3 Å². The molecule has 0 amide bonds. The molecular weight excluding hydrogens is 366 g/mol. The first-order valence-electron chi connectivity index (χ1n) is 10.6. The molecule has 156 valence electrons. The van der Waals surface area contributed by atoms with Gasteiger partial charge < -0.3 is 14.9 Å². The number of anilines is 2. The predicted molar refractivity (Wildman–Crippen MR) is 113 cm³/mol. The van der Waals surface area contributed by atoms with Gasteiger partial charge in [-0.2, -0.15) is 4.98 Å². The zero-order valence-electron chi connectivity index (χ0n) is 17.5. The molecular formula is C21H31N7O. The van der Waals surface area contributed by atoms with Gasteiger partial charge in [0.2, 0.25) is 17.8 Å². The first-order valence-corrected chi connectivity index (χ1v) is 10.6. The van der Waals surface area contributed by atoms with E-state index in [1.54, 1.807) is 6.07 Å². The highest BCUT2D eigenvalue weighted by Gasteiger charge is 2.24. The van der Waals surface area contributed by atoms with E-state index in [-0.39, 0.29) is 5.88 Å². The van der Waals surface area contributed by atoms with Gasteiger partial charge in [-0.15, -0.1) is 0 Å². The van der Waals surface area contributed by atoms with Crippen molar-refractivity contribution in [2.24, 2.45) is 0 Å². The van der Waals surface area contributed by atoms with E-state index in [0.717, 1.165) is 62.8 Å². The third-order valence-electron chi connectivity index (χ3n) is 5.86. The van der Waals surface area contributed by atoms with E-state index < -0.39 is 0 Å². The van der Waals surface area contributed by atoms with Crippen LogP contribution in [0.3, 0.4) is 0 Å². The Morgan fingerprint density at radius 2 is 1.69 bits per heavy atom. The van der Waals surface area contributed by atoms with Gasteiger partial charge in [0.05, 0.1) is 5.69 Å². The maximum absolute atomic E-state index is 10.2. The Hall–Kier alpha value is -2.48. The zero-order chi connectivity index (χ0) is 20.2. The Morgan fingerprint density at radius 1 is 1.00 bits per heavy atom. The molecule has 0 radical (unpaired) electrons. The lowest BCUT2D eigenvalue weighted by Crippen LogP contribution is -2.34. The van der Waals surface area contributed by atoms with Gasteiger partial charge in [0, 0.05) is 63.7 Å². The summed E-state index contributed by atoms with van der Waals surface area (Å²) in [5.74, 6) is 1.90. The Kier molecular flexibility index (Phi) is 6.08. The first kappa shape index (κ1) is 19.8. The lowest BCUT2D eigenvalue weighted by atomic mass is 9.93. The number of aromatic nitrogens is 4. The van der Waals surface area contributed by atoms with E-state index in [2.05, 4.69) is 24.8 Å². The molecule has 2 fully saturated rings. The second-order valence-electron chi connectivity index (χ2n) is 8.33. The number of likely N-dealkylation sites (tertiary alicyclic amines) is 1. The summed E-state index contributed by atoms with van der Waals surface area (Å²) in [5.41, 5.74) is 2.12. The van der Waals surface area contributed by atoms with Crippen LogP contribution in [0.4, 0.5) is 11.9 Å². The zero-order valence-corrected chi connectivity index (χ0v) is 17.5. The molecule has 4 rings (SSSR count). The third kappa shape index (κ3) is 4.93. The number of aromatic hydroxyl groups is 1. The van der Waals surface area contributed by atoms with Crippen molar-refractivity contribution in [3.63, 3.8) is 0 Å². The molecule has 29 heavy (non-hydrogen) atoms. The molecule has 2 aliphatic heterocycles. The molecule has 2 aliphatic rings. The van der Waals surface area contributed by atoms with Crippen molar-refractivity contribution < 1.29 is 5.11 Å². The van der Waals surface area contributed by atoms with Crippen molar-refractivity contribution in [1.29, 1.82) is 0 Å². The number of hydrogen-bond acceptors (Lipinski definition) is 8. The largest absolute Gasteiger partial charge is 0.493 e. The minimum absolute atomic E-state index is 0.0936. The average Bonchev–Trinajstić information content (AvgIpc) is 2.75. The molecule has 0 atom stereocenters. The minimum atomic E-state index is 0.0936. The van der Waals surface area contributed by atoms with Crippen LogP contribution in [-0.4, -0.2) is 70.2 Å². The lowest BCUT2D eigenvalue weighted by Gasteiger charge is -2.32. The molecule has 8 heteroatoms. The average molecular weight is 398 g/mol. The van der Waals surface area contributed by atoms with Crippen LogP contribution in [-0.2, 0) is 6.54 Å². The summed E-state index contributed by atoms with van der Waals surface area (Å²) in [6.07, 6.45) is 9.52. The van der Waals surface area contributed by atoms with Gasteiger partial charge in [-0.3, -0.25) is 4.90 Å². The first-order chi connectivity index (χ1) is 14.1. The molecule has 8 nitrogen and oxygen atoms in total. The lowest BCUT2D eigenvalue weighted by molar-refractivity contribution is 0.202. The fourth-order valence-corrected chi connectivity index (χ4v) is 4.19. The van der Waals surface area contributed by atoms with E-state index in [9.17, 15) is 5.11 Å². The Bertz CT molecular complexity index is 797. The van der Waals surface area contributed by atoms with Crippen LogP contribution in [0.5, 0.6) is 5.88 Å². The third-order valence-corrected chi connectivity index (χ3v) is 5.86. The van der Waals surface area contributed by atoms with Gasteiger partial charge in [0.15, 0.2) is 0 Å². The molecule has 0 spiro atoms. The van der Waals surface area contributed by atoms with Gasteiger partial charge in [0.25, 0.3) is 0 Å². The van der Waals surface area contributed by atoms with Crippen molar-refractivity contribution in [3.8, 4) is 5.88 Å². The van der Waals surface area contributed by atoms with Crippen LogP contribution in [0, 0.1) is 0 Å². The van der Waals surface area contributed by atoms with Crippen molar-refractivity contribution >= 4 is 11.9 Å². The molecule has 0 aromatic carbocycles. The molecule has 0 saturated carbocycles. The molecule has 2 saturated heterocycles. The smallest absolute Gasteiger partial charge is 0.228 e. The molecule has 0 aliphatic carbocycles. The van der Waals surface area contributed by atoms with E-state index in [0.29, 0.717) is 11.9 Å². The van der Waals surface area contributed by atoms with Crippen LogP contribution in [0.15, 0.2) is 18.5 Å². The monoisotopic (exact) mass is 397 g/mol. The molecule has 4 heterocycles. The van der Waals surface area contributed by atoms with E-state index in [1.807, 2.05) is 31.4 Å². The summed E-state index contributed by atoms with van der Waals surface area (Å²) in [5, 5.41) is 10.2. The Balaban J connectivity index is 1.36. The molecule has 2 aromatic rings. The standard InChI is InChI=1S/C21H31N7O/c1-26(2)20-22-13-16(14-23-20)15-27-10-6-17(7-11-27)18-12-19(29)25-21(24-18)28-8-4-3-5-9-28/h12-14,17H,3-11,15H2,1-2H3,(H,24,25,29). The number of nitrogens with zero attached hydrogens (tertiary/aromatic N) is 7. The normalized spacial score (nSPS) is 18.8.